The molecule has 0 aromatic heterocycles. The predicted molar refractivity (Wildman–Crippen MR) is 133 cm³/mol. The first-order chi connectivity index (χ1) is 15.7. The fourth-order valence-electron chi connectivity index (χ4n) is 4.21. The quantitative estimate of drug-likeness (QED) is 0.342. The van der Waals surface area contributed by atoms with Gasteiger partial charge in [-0.1, -0.05) is 103 Å². The van der Waals surface area contributed by atoms with Gasteiger partial charge in [0, 0.05) is 34.9 Å². The smallest absolute Gasteiger partial charge is 0.165 e. The number of carbonyl (C=O) groups excluding carboxylic acids is 3. The molecule has 0 spiro atoms. The van der Waals surface area contributed by atoms with E-state index in [4.69, 9.17) is 0 Å². The van der Waals surface area contributed by atoms with Crippen molar-refractivity contribution in [2.45, 2.75) is 41.0 Å². The molecule has 0 heterocycles. The van der Waals surface area contributed by atoms with Gasteiger partial charge in [0.15, 0.2) is 17.3 Å². The Morgan fingerprint density at radius 3 is 1.18 bits per heavy atom. The van der Waals surface area contributed by atoms with Crippen LogP contribution >= 0.6 is 0 Å². The molecule has 3 nitrogen and oxygen atoms in total. The normalized spacial score (nSPS) is 13.7. The number of aryl methyl sites for hydroxylation is 3. The number of Topliss-reactive ketones (excluding diaryl/α,β-unsaturated/α-hetero) is 3. The largest absolute Gasteiger partial charge is 0.294 e. The lowest BCUT2D eigenvalue weighted by atomic mass is 9.73. The fraction of sp³-hybridized carbons (Fsp3) is 0.300. The van der Waals surface area contributed by atoms with Crippen LogP contribution < -0.4 is 0 Å². The molecule has 0 aliphatic rings. The minimum atomic E-state index is -0.480. The molecule has 0 bridgehead atoms. The topological polar surface area (TPSA) is 51.2 Å². The Hall–Kier alpha value is -3.33. The number of hydrogen-bond acceptors (Lipinski definition) is 3. The summed E-state index contributed by atoms with van der Waals surface area (Å²) in [5, 5.41) is 0. The number of hydrogen-bond donors (Lipinski definition) is 0. The van der Waals surface area contributed by atoms with Crippen LogP contribution in [0.1, 0.15) is 68.0 Å². The average Bonchev–Trinajstić information content (AvgIpc) is 2.82. The fourth-order valence-corrected chi connectivity index (χ4v) is 4.21. The Labute approximate surface area is 196 Å². The van der Waals surface area contributed by atoms with Crippen molar-refractivity contribution in [1.29, 1.82) is 0 Å². The molecule has 3 aromatic carbocycles. The van der Waals surface area contributed by atoms with Crippen LogP contribution in [0.25, 0.3) is 0 Å². The molecular weight excluding hydrogens is 408 g/mol. The molecule has 170 valence electrons. The molecule has 0 aliphatic heterocycles. The maximum Gasteiger partial charge on any atom is 0.165 e. The number of carbonyl (C=O) groups is 3. The van der Waals surface area contributed by atoms with Crippen molar-refractivity contribution in [3.05, 3.63) is 106 Å². The van der Waals surface area contributed by atoms with E-state index in [1.807, 2.05) is 107 Å². The molecule has 0 fully saturated rings. The summed E-state index contributed by atoms with van der Waals surface area (Å²) in [6.07, 6.45) is 0.139. The van der Waals surface area contributed by atoms with E-state index in [1.165, 1.54) is 0 Å². The summed E-state index contributed by atoms with van der Waals surface area (Å²) in [7, 11) is 0. The van der Waals surface area contributed by atoms with Gasteiger partial charge in [-0.15, -0.1) is 0 Å². The number of ketones is 3. The van der Waals surface area contributed by atoms with E-state index in [1.54, 1.807) is 0 Å². The van der Waals surface area contributed by atoms with Crippen LogP contribution in [0, 0.1) is 38.5 Å². The zero-order valence-electron chi connectivity index (χ0n) is 20.1. The summed E-state index contributed by atoms with van der Waals surface area (Å²) < 4.78 is 0. The third kappa shape index (κ3) is 5.92. The van der Waals surface area contributed by atoms with Crippen molar-refractivity contribution in [3.8, 4) is 0 Å². The van der Waals surface area contributed by atoms with Crippen molar-refractivity contribution >= 4 is 17.3 Å². The third-order valence-electron chi connectivity index (χ3n) is 6.58. The second kappa shape index (κ2) is 10.5. The Balaban J connectivity index is 1.91. The van der Waals surface area contributed by atoms with E-state index >= 15 is 0 Å². The van der Waals surface area contributed by atoms with Crippen LogP contribution in [-0.4, -0.2) is 17.3 Å². The van der Waals surface area contributed by atoms with E-state index in [9.17, 15) is 14.4 Å². The van der Waals surface area contributed by atoms with E-state index in [0.717, 1.165) is 16.7 Å². The Kier molecular flexibility index (Phi) is 7.75. The van der Waals surface area contributed by atoms with Crippen LogP contribution in [0.5, 0.6) is 0 Å². The molecule has 0 N–H and O–H groups in total. The molecule has 0 radical (unpaired) electrons. The Bertz CT molecular complexity index is 1060. The molecule has 3 aromatic rings. The molecule has 0 saturated heterocycles. The van der Waals surface area contributed by atoms with Crippen molar-refractivity contribution in [3.63, 3.8) is 0 Å². The van der Waals surface area contributed by atoms with Crippen LogP contribution in [0.3, 0.4) is 0 Å². The van der Waals surface area contributed by atoms with Gasteiger partial charge in [0.2, 0.25) is 0 Å². The van der Waals surface area contributed by atoms with E-state index in [2.05, 4.69) is 0 Å². The molecule has 2 atom stereocenters. The summed E-state index contributed by atoms with van der Waals surface area (Å²) in [5.41, 5.74) is 5.05. The molecule has 3 heteroatoms. The van der Waals surface area contributed by atoms with Gasteiger partial charge in [0.1, 0.15) is 0 Å². The van der Waals surface area contributed by atoms with E-state index < -0.39 is 17.8 Å². The second-order valence-corrected chi connectivity index (χ2v) is 9.20. The summed E-state index contributed by atoms with van der Waals surface area (Å²) in [4.78, 5) is 39.9. The van der Waals surface area contributed by atoms with Crippen LogP contribution in [0.2, 0.25) is 0 Å². The summed E-state index contributed by atoms with van der Waals surface area (Å²) in [6.45, 7) is 9.61. The number of benzene rings is 3. The minimum absolute atomic E-state index is 0.0414. The maximum absolute atomic E-state index is 13.3. The van der Waals surface area contributed by atoms with Crippen molar-refractivity contribution in [2.24, 2.45) is 17.8 Å². The van der Waals surface area contributed by atoms with Gasteiger partial charge >= 0.3 is 0 Å². The molecule has 0 saturated carbocycles. The summed E-state index contributed by atoms with van der Waals surface area (Å²) in [5.74, 6) is -1.51. The molecule has 3 rings (SSSR count). The van der Waals surface area contributed by atoms with Crippen molar-refractivity contribution in [2.75, 3.05) is 0 Å². The van der Waals surface area contributed by atoms with Gasteiger partial charge in [0.25, 0.3) is 0 Å². The lowest BCUT2D eigenvalue weighted by Gasteiger charge is -2.28. The lowest BCUT2D eigenvalue weighted by Crippen LogP contribution is -2.32. The monoisotopic (exact) mass is 440 g/mol. The molecular formula is C30H32O3. The van der Waals surface area contributed by atoms with Crippen molar-refractivity contribution in [1.82, 2.24) is 0 Å². The first-order valence-corrected chi connectivity index (χ1v) is 11.5. The van der Waals surface area contributed by atoms with Crippen LogP contribution in [0.4, 0.5) is 0 Å². The molecule has 0 amide bonds. The van der Waals surface area contributed by atoms with E-state index in [0.29, 0.717) is 16.7 Å². The van der Waals surface area contributed by atoms with Gasteiger partial charge in [-0.25, -0.2) is 0 Å². The lowest BCUT2D eigenvalue weighted by molar-refractivity contribution is 0.0742. The maximum atomic E-state index is 13.3. The molecule has 33 heavy (non-hydrogen) atoms. The molecule has 0 aliphatic carbocycles. The predicted octanol–water partition coefficient (Wildman–Crippen LogP) is 6.84. The van der Waals surface area contributed by atoms with Gasteiger partial charge in [-0.3, -0.25) is 14.4 Å². The third-order valence-corrected chi connectivity index (χ3v) is 6.58. The zero-order chi connectivity index (χ0) is 24.1. The van der Waals surface area contributed by atoms with Crippen molar-refractivity contribution < 1.29 is 14.4 Å². The Morgan fingerprint density at radius 2 is 0.848 bits per heavy atom. The highest BCUT2D eigenvalue weighted by atomic mass is 16.1. The molecule has 2 unspecified atom stereocenters. The Morgan fingerprint density at radius 1 is 0.545 bits per heavy atom. The number of rotatable bonds is 9. The SMILES string of the molecule is Cc1ccc(C(=O)CC(C(C)C(=O)c2ccc(C)cc2)C(C)C(=O)c2ccc(C)cc2)cc1. The van der Waals surface area contributed by atoms with Crippen LogP contribution in [-0.2, 0) is 0 Å². The minimum Gasteiger partial charge on any atom is -0.294 e. The highest BCUT2D eigenvalue weighted by Gasteiger charge is 2.35. The van der Waals surface area contributed by atoms with Gasteiger partial charge in [0.05, 0.1) is 0 Å². The summed E-state index contributed by atoms with van der Waals surface area (Å²) >= 11 is 0. The highest BCUT2D eigenvalue weighted by Crippen LogP contribution is 2.31. The van der Waals surface area contributed by atoms with Crippen LogP contribution in [0.15, 0.2) is 72.8 Å². The highest BCUT2D eigenvalue weighted by molar-refractivity contribution is 6.02. The second-order valence-electron chi connectivity index (χ2n) is 9.20. The standard InChI is InChI=1S/C30H32O3/c1-19-6-12-24(13-7-19)28(31)18-27(22(4)29(32)25-14-8-20(2)9-15-25)23(5)30(33)26-16-10-21(3)11-17-26/h6-17,22-23,27H,18H2,1-5H3. The van der Waals surface area contributed by atoms with Gasteiger partial charge in [-0.2, -0.15) is 0 Å². The van der Waals surface area contributed by atoms with E-state index in [-0.39, 0.29) is 23.8 Å². The first-order valence-electron chi connectivity index (χ1n) is 11.5. The summed E-state index contributed by atoms with van der Waals surface area (Å²) in [6, 6.07) is 22.4. The van der Waals surface area contributed by atoms with Gasteiger partial charge < -0.3 is 0 Å². The first kappa shape index (κ1) is 24.3. The zero-order valence-corrected chi connectivity index (χ0v) is 20.1. The average molecular weight is 441 g/mol. The van der Waals surface area contributed by atoms with Gasteiger partial charge in [-0.05, 0) is 26.7 Å².